The molecule has 1 aromatic rings. The first-order valence-electron chi connectivity index (χ1n) is 6.67. The number of hydrogen-bond donors (Lipinski definition) is 2. The number of nitrogens with zero attached hydrogens (tertiary/aromatic N) is 2. The number of carbonyl (C=O) groups excluding carboxylic acids is 1. The summed E-state index contributed by atoms with van der Waals surface area (Å²) in [6.07, 6.45) is 1.56. The molecule has 0 radical (unpaired) electrons. The minimum absolute atomic E-state index is 0.00500. The first-order chi connectivity index (χ1) is 8.99. The van der Waals surface area contributed by atoms with Gasteiger partial charge in [-0.25, -0.2) is 0 Å². The lowest BCUT2D eigenvalue weighted by Gasteiger charge is -2.16. The topological polar surface area (TPSA) is 81.6 Å². The van der Waals surface area contributed by atoms with Crippen molar-refractivity contribution in [3.8, 4) is 6.07 Å². The molecule has 104 valence electrons. The summed E-state index contributed by atoms with van der Waals surface area (Å²) in [6, 6.07) is 2.05. The monoisotopic (exact) mass is 262 g/mol. The van der Waals surface area contributed by atoms with Crippen molar-refractivity contribution in [1.29, 1.82) is 5.26 Å². The average molecular weight is 262 g/mol. The number of aromatic amines is 1. The summed E-state index contributed by atoms with van der Waals surface area (Å²) in [7, 11) is 0. The molecule has 0 saturated carbocycles. The second kappa shape index (κ2) is 6.93. The van der Waals surface area contributed by atoms with E-state index in [9.17, 15) is 4.79 Å². The van der Waals surface area contributed by atoms with Gasteiger partial charge in [0.25, 0.3) is 0 Å². The van der Waals surface area contributed by atoms with Crippen molar-refractivity contribution in [2.24, 2.45) is 0 Å². The molecule has 0 aromatic carbocycles. The van der Waals surface area contributed by atoms with Crippen LogP contribution >= 0.6 is 0 Å². The average Bonchev–Trinajstić information content (AvgIpc) is 2.68. The van der Waals surface area contributed by atoms with Crippen molar-refractivity contribution in [3.63, 3.8) is 0 Å². The molecule has 1 rings (SSSR count). The van der Waals surface area contributed by atoms with Crippen molar-refractivity contribution >= 4 is 5.91 Å². The number of aromatic nitrogens is 2. The van der Waals surface area contributed by atoms with Gasteiger partial charge in [-0.1, -0.05) is 13.8 Å². The van der Waals surface area contributed by atoms with Crippen molar-refractivity contribution < 1.29 is 4.79 Å². The van der Waals surface area contributed by atoms with E-state index < -0.39 is 0 Å². The van der Waals surface area contributed by atoms with E-state index in [1.165, 1.54) is 0 Å². The maximum atomic E-state index is 12.0. The molecule has 1 aromatic heterocycles. The highest BCUT2D eigenvalue weighted by molar-refractivity contribution is 5.77. The van der Waals surface area contributed by atoms with Crippen LogP contribution in [0.2, 0.25) is 0 Å². The van der Waals surface area contributed by atoms with E-state index in [2.05, 4.69) is 21.6 Å². The Hall–Kier alpha value is -1.83. The molecule has 0 spiro atoms. The standard InChI is InChI=1S/C14H22N4O/c1-5-12(6-7-15)16-13(19)8-9(2)14-10(3)17-18-11(14)4/h9,12H,5-6,8H2,1-4H3,(H,16,19)(H,17,18)/t9-,12-/m1/s1. The van der Waals surface area contributed by atoms with Crippen LogP contribution in [0.4, 0.5) is 0 Å². The number of aryl methyl sites for hydroxylation is 2. The van der Waals surface area contributed by atoms with E-state index in [-0.39, 0.29) is 17.9 Å². The maximum absolute atomic E-state index is 12.0. The largest absolute Gasteiger partial charge is 0.352 e. The molecule has 5 heteroatoms. The molecular formula is C14H22N4O. The first-order valence-corrected chi connectivity index (χ1v) is 6.67. The van der Waals surface area contributed by atoms with Crippen molar-refractivity contribution in [1.82, 2.24) is 15.5 Å². The Morgan fingerprint density at radius 3 is 2.68 bits per heavy atom. The first kappa shape index (κ1) is 15.2. The molecule has 2 atom stereocenters. The normalized spacial score (nSPS) is 13.6. The molecule has 19 heavy (non-hydrogen) atoms. The molecule has 0 aliphatic carbocycles. The lowest BCUT2D eigenvalue weighted by Crippen LogP contribution is -2.34. The fraction of sp³-hybridized carbons (Fsp3) is 0.643. The van der Waals surface area contributed by atoms with Gasteiger partial charge in [0.1, 0.15) is 0 Å². The maximum Gasteiger partial charge on any atom is 0.220 e. The van der Waals surface area contributed by atoms with Gasteiger partial charge in [0.2, 0.25) is 5.91 Å². The smallest absolute Gasteiger partial charge is 0.220 e. The van der Waals surface area contributed by atoms with Gasteiger partial charge < -0.3 is 5.32 Å². The molecule has 1 heterocycles. The third-order valence-electron chi connectivity index (χ3n) is 3.37. The van der Waals surface area contributed by atoms with Gasteiger partial charge in [0.15, 0.2) is 0 Å². The van der Waals surface area contributed by atoms with Crippen LogP contribution in [0.5, 0.6) is 0 Å². The zero-order valence-electron chi connectivity index (χ0n) is 12.1. The molecular weight excluding hydrogens is 240 g/mol. The summed E-state index contributed by atoms with van der Waals surface area (Å²) in [5, 5.41) is 18.7. The van der Waals surface area contributed by atoms with Crippen LogP contribution in [0.3, 0.4) is 0 Å². The second-order valence-electron chi connectivity index (χ2n) is 4.99. The van der Waals surface area contributed by atoms with Gasteiger partial charge >= 0.3 is 0 Å². The number of hydrogen-bond acceptors (Lipinski definition) is 3. The van der Waals surface area contributed by atoms with E-state index in [1.807, 2.05) is 27.7 Å². The van der Waals surface area contributed by atoms with Crippen LogP contribution in [0, 0.1) is 25.2 Å². The number of amides is 1. The minimum Gasteiger partial charge on any atom is -0.352 e. The number of H-pyrrole nitrogens is 1. The molecule has 0 aliphatic rings. The van der Waals surface area contributed by atoms with Crippen LogP contribution in [-0.2, 0) is 4.79 Å². The lowest BCUT2D eigenvalue weighted by molar-refractivity contribution is -0.122. The molecule has 5 nitrogen and oxygen atoms in total. The zero-order chi connectivity index (χ0) is 14.4. The summed E-state index contributed by atoms with van der Waals surface area (Å²) in [5.41, 5.74) is 3.08. The van der Waals surface area contributed by atoms with Gasteiger partial charge in [-0.15, -0.1) is 0 Å². The Labute approximate surface area is 114 Å². The predicted octanol–water partition coefficient (Wildman–Crippen LogP) is 2.33. The fourth-order valence-electron chi connectivity index (χ4n) is 2.36. The van der Waals surface area contributed by atoms with E-state index in [0.29, 0.717) is 12.8 Å². The van der Waals surface area contributed by atoms with Crippen LogP contribution in [0.25, 0.3) is 0 Å². The van der Waals surface area contributed by atoms with E-state index in [1.54, 1.807) is 0 Å². The molecule has 2 N–H and O–H groups in total. The Morgan fingerprint density at radius 2 is 2.21 bits per heavy atom. The van der Waals surface area contributed by atoms with Crippen LogP contribution in [0.15, 0.2) is 0 Å². The quantitative estimate of drug-likeness (QED) is 0.825. The van der Waals surface area contributed by atoms with E-state index in [4.69, 9.17) is 5.26 Å². The minimum atomic E-state index is -0.0451. The molecule has 0 fully saturated rings. The Kier molecular flexibility index (Phi) is 5.56. The summed E-state index contributed by atoms with van der Waals surface area (Å²) >= 11 is 0. The number of nitrogens with one attached hydrogen (secondary N) is 2. The number of carbonyl (C=O) groups is 1. The van der Waals surface area contributed by atoms with Gasteiger partial charge in [0.05, 0.1) is 18.2 Å². The summed E-state index contributed by atoms with van der Waals surface area (Å²) in [6.45, 7) is 7.90. The zero-order valence-corrected chi connectivity index (χ0v) is 12.1. The highest BCUT2D eigenvalue weighted by atomic mass is 16.1. The van der Waals surface area contributed by atoms with Gasteiger partial charge in [0, 0.05) is 18.2 Å². The fourth-order valence-corrected chi connectivity index (χ4v) is 2.36. The predicted molar refractivity (Wildman–Crippen MR) is 73.5 cm³/mol. The SMILES string of the molecule is CC[C@H](CC#N)NC(=O)C[C@@H](C)c1c(C)n[nH]c1C. The molecule has 0 unspecified atom stereocenters. The van der Waals surface area contributed by atoms with Gasteiger partial charge in [-0.2, -0.15) is 10.4 Å². The highest BCUT2D eigenvalue weighted by Gasteiger charge is 2.19. The van der Waals surface area contributed by atoms with Crippen LogP contribution in [-0.4, -0.2) is 22.1 Å². The van der Waals surface area contributed by atoms with Gasteiger partial charge in [-0.05, 0) is 31.7 Å². The third kappa shape index (κ3) is 4.09. The van der Waals surface area contributed by atoms with Crippen LogP contribution in [0.1, 0.15) is 56.0 Å². The van der Waals surface area contributed by atoms with Crippen molar-refractivity contribution in [2.45, 2.75) is 58.9 Å². The molecule has 0 saturated heterocycles. The summed E-state index contributed by atoms with van der Waals surface area (Å²) in [4.78, 5) is 12.0. The van der Waals surface area contributed by atoms with Crippen molar-refractivity contribution in [3.05, 3.63) is 17.0 Å². The molecule has 0 aliphatic heterocycles. The van der Waals surface area contributed by atoms with Crippen LogP contribution < -0.4 is 5.32 Å². The Balaban J connectivity index is 2.60. The van der Waals surface area contributed by atoms with Crippen molar-refractivity contribution in [2.75, 3.05) is 0 Å². The van der Waals surface area contributed by atoms with E-state index in [0.717, 1.165) is 23.4 Å². The number of nitriles is 1. The number of rotatable bonds is 6. The second-order valence-corrected chi connectivity index (χ2v) is 4.99. The summed E-state index contributed by atoms with van der Waals surface area (Å²) < 4.78 is 0. The third-order valence-corrected chi connectivity index (χ3v) is 3.37. The molecule has 1 amide bonds. The van der Waals surface area contributed by atoms with Gasteiger partial charge in [-0.3, -0.25) is 9.89 Å². The Morgan fingerprint density at radius 1 is 1.53 bits per heavy atom. The van der Waals surface area contributed by atoms with E-state index >= 15 is 0 Å². The highest BCUT2D eigenvalue weighted by Crippen LogP contribution is 2.24. The lowest BCUT2D eigenvalue weighted by atomic mass is 9.95. The summed E-state index contributed by atoms with van der Waals surface area (Å²) in [5.74, 6) is 0.118. The molecule has 0 bridgehead atoms. The Bertz CT molecular complexity index is 453.